The Labute approximate surface area is 177 Å². The maximum Gasteiger partial charge on any atom is 0.303 e. The van der Waals surface area contributed by atoms with Crippen LogP contribution >= 0.6 is 0 Å². The molecule has 0 heterocycles. The summed E-state index contributed by atoms with van der Waals surface area (Å²) in [5.41, 5.74) is -1.77. The topological polar surface area (TPSA) is 97.7 Å². The van der Waals surface area contributed by atoms with Gasteiger partial charge < -0.3 is 9.84 Å². The summed E-state index contributed by atoms with van der Waals surface area (Å²) in [6, 6.07) is 0. The van der Waals surface area contributed by atoms with Crippen molar-refractivity contribution >= 4 is 23.3 Å². The standard InChI is InChI=1S/C24H32O6/c1-12-8-16-20(22(4)7-6-15(27)9-17(12)22)18(28)10-23(5)21(16)19(29)11-24(23,13(2)25)30-14(3)26/h9,12,16,19-21,29H,6-8,10-11H2,1-5H3/t12-,16+,19+,20+,21+,22-,23-,24-/m0/s1. The van der Waals surface area contributed by atoms with Crippen molar-refractivity contribution in [2.45, 2.75) is 78.4 Å². The number of Topliss-reactive ketones (excluding diaryl/α,β-unsaturated/α-hetero) is 2. The molecule has 0 bridgehead atoms. The van der Waals surface area contributed by atoms with E-state index in [1.807, 2.05) is 6.92 Å². The average molecular weight is 417 g/mol. The van der Waals surface area contributed by atoms with Crippen molar-refractivity contribution in [2.75, 3.05) is 0 Å². The quantitative estimate of drug-likeness (QED) is 0.695. The molecule has 0 aromatic carbocycles. The van der Waals surface area contributed by atoms with Crippen molar-refractivity contribution in [1.82, 2.24) is 0 Å². The van der Waals surface area contributed by atoms with Crippen molar-refractivity contribution in [2.24, 2.45) is 34.5 Å². The van der Waals surface area contributed by atoms with E-state index in [-0.39, 0.29) is 53.9 Å². The predicted octanol–water partition coefficient (Wildman–Crippen LogP) is 2.81. The Bertz CT molecular complexity index is 873. The van der Waals surface area contributed by atoms with E-state index < -0.39 is 28.5 Å². The predicted molar refractivity (Wildman–Crippen MR) is 108 cm³/mol. The monoisotopic (exact) mass is 416 g/mol. The van der Waals surface area contributed by atoms with Crippen LogP contribution in [-0.4, -0.2) is 40.1 Å². The SMILES string of the molecule is CC(=O)O[C@]1(C(C)=O)C[C@@H](O)[C@H]2[C@@H]3C[C@H](C)C4=CC(=O)CC[C@]4(C)[C@H]3C(=O)C[C@@]21C. The van der Waals surface area contributed by atoms with Crippen molar-refractivity contribution < 1.29 is 29.0 Å². The Hall–Kier alpha value is -1.82. The molecule has 0 amide bonds. The van der Waals surface area contributed by atoms with Gasteiger partial charge in [0, 0.05) is 37.5 Å². The van der Waals surface area contributed by atoms with Crippen LogP contribution in [0.5, 0.6) is 0 Å². The van der Waals surface area contributed by atoms with E-state index in [1.165, 1.54) is 13.8 Å². The summed E-state index contributed by atoms with van der Waals surface area (Å²) in [5.74, 6) is -1.33. The number of aliphatic hydroxyl groups is 1. The van der Waals surface area contributed by atoms with Gasteiger partial charge in [0.15, 0.2) is 17.2 Å². The third-order valence-electron chi connectivity index (χ3n) is 8.94. The van der Waals surface area contributed by atoms with Crippen LogP contribution in [0, 0.1) is 34.5 Å². The van der Waals surface area contributed by atoms with Crippen LogP contribution in [0.2, 0.25) is 0 Å². The highest BCUT2D eigenvalue weighted by Gasteiger charge is 2.73. The first kappa shape index (κ1) is 21.4. The number of rotatable bonds is 2. The number of fused-ring (bicyclic) bond motifs is 5. The first-order chi connectivity index (χ1) is 13.9. The number of ether oxygens (including phenoxy) is 1. The minimum atomic E-state index is -1.48. The summed E-state index contributed by atoms with van der Waals surface area (Å²) in [7, 11) is 0. The molecule has 0 aliphatic heterocycles. The van der Waals surface area contributed by atoms with Gasteiger partial charge in [0.2, 0.25) is 0 Å². The van der Waals surface area contributed by atoms with Gasteiger partial charge in [-0.25, -0.2) is 0 Å². The van der Waals surface area contributed by atoms with Gasteiger partial charge >= 0.3 is 5.97 Å². The molecule has 0 unspecified atom stereocenters. The lowest BCUT2D eigenvalue weighted by Crippen LogP contribution is -2.62. The second-order valence-electron chi connectivity index (χ2n) is 10.6. The first-order valence-corrected chi connectivity index (χ1v) is 11.0. The largest absolute Gasteiger partial charge is 0.451 e. The van der Waals surface area contributed by atoms with Crippen LogP contribution in [0.4, 0.5) is 0 Å². The molecule has 0 spiro atoms. The number of carbonyl (C=O) groups excluding carboxylic acids is 4. The molecule has 0 radical (unpaired) electrons. The van der Waals surface area contributed by atoms with Crippen molar-refractivity contribution in [3.05, 3.63) is 11.6 Å². The van der Waals surface area contributed by atoms with Crippen LogP contribution < -0.4 is 0 Å². The van der Waals surface area contributed by atoms with Crippen LogP contribution in [0.1, 0.15) is 66.7 Å². The molecule has 0 aromatic heterocycles. The zero-order valence-corrected chi connectivity index (χ0v) is 18.5. The molecule has 3 fully saturated rings. The second kappa shape index (κ2) is 6.59. The average Bonchev–Trinajstić information content (AvgIpc) is 2.83. The van der Waals surface area contributed by atoms with E-state index in [0.29, 0.717) is 19.3 Å². The number of hydrogen-bond acceptors (Lipinski definition) is 6. The number of hydrogen-bond donors (Lipinski definition) is 1. The van der Waals surface area contributed by atoms with Crippen molar-refractivity contribution in [1.29, 1.82) is 0 Å². The van der Waals surface area contributed by atoms with Crippen LogP contribution in [0.3, 0.4) is 0 Å². The molecule has 1 N–H and O–H groups in total. The third-order valence-corrected chi connectivity index (χ3v) is 8.94. The molecule has 6 nitrogen and oxygen atoms in total. The normalized spacial score (nSPS) is 47.7. The van der Waals surface area contributed by atoms with Gasteiger partial charge in [-0.2, -0.15) is 0 Å². The second-order valence-corrected chi connectivity index (χ2v) is 10.6. The maximum atomic E-state index is 13.7. The third kappa shape index (κ3) is 2.58. The summed E-state index contributed by atoms with van der Waals surface area (Å²) < 4.78 is 5.65. The van der Waals surface area contributed by atoms with Gasteiger partial charge in [0.05, 0.1) is 6.10 Å². The fourth-order valence-corrected chi connectivity index (χ4v) is 7.93. The van der Waals surface area contributed by atoms with E-state index in [1.54, 1.807) is 6.08 Å². The molecule has 0 aromatic rings. The lowest BCUT2D eigenvalue weighted by Gasteiger charge is -2.59. The molecule has 6 heteroatoms. The maximum absolute atomic E-state index is 13.7. The smallest absolute Gasteiger partial charge is 0.303 e. The van der Waals surface area contributed by atoms with Gasteiger partial charge in [-0.1, -0.05) is 26.3 Å². The van der Waals surface area contributed by atoms with Crippen LogP contribution in [-0.2, 0) is 23.9 Å². The molecule has 0 saturated heterocycles. The summed E-state index contributed by atoms with van der Waals surface area (Å²) in [4.78, 5) is 50.5. The summed E-state index contributed by atoms with van der Waals surface area (Å²) in [6.45, 7) is 8.67. The number of aliphatic hydroxyl groups excluding tert-OH is 1. The minimum Gasteiger partial charge on any atom is -0.451 e. The molecule has 164 valence electrons. The molecule has 4 aliphatic carbocycles. The van der Waals surface area contributed by atoms with E-state index in [0.717, 1.165) is 5.57 Å². The van der Waals surface area contributed by atoms with Gasteiger partial charge in [-0.05, 0) is 49.0 Å². The lowest BCUT2D eigenvalue weighted by atomic mass is 9.44. The van der Waals surface area contributed by atoms with Gasteiger partial charge in [-0.15, -0.1) is 0 Å². The van der Waals surface area contributed by atoms with Crippen LogP contribution in [0.15, 0.2) is 11.6 Å². The van der Waals surface area contributed by atoms with Gasteiger partial charge in [-0.3, -0.25) is 19.2 Å². The minimum absolute atomic E-state index is 0.0336. The molecular formula is C24H32O6. The van der Waals surface area contributed by atoms with E-state index in [9.17, 15) is 24.3 Å². The Morgan fingerprint density at radius 3 is 2.47 bits per heavy atom. The summed E-state index contributed by atoms with van der Waals surface area (Å²) in [5, 5.41) is 11.2. The summed E-state index contributed by atoms with van der Waals surface area (Å²) in [6.07, 6.45) is 2.78. The van der Waals surface area contributed by atoms with Gasteiger partial charge in [0.1, 0.15) is 5.78 Å². The van der Waals surface area contributed by atoms with E-state index in [4.69, 9.17) is 4.74 Å². The zero-order chi connectivity index (χ0) is 22.2. The number of esters is 1. The number of ketones is 3. The zero-order valence-electron chi connectivity index (χ0n) is 18.5. The number of allylic oxidation sites excluding steroid dienone is 1. The molecule has 3 saturated carbocycles. The Balaban J connectivity index is 1.84. The molecule has 4 aliphatic rings. The fraction of sp³-hybridized carbons (Fsp3) is 0.750. The fourth-order valence-electron chi connectivity index (χ4n) is 7.93. The first-order valence-electron chi connectivity index (χ1n) is 11.0. The van der Waals surface area contributed by atoms with E-state index in [2.05, 4.69) is 13.8 Å². The number of carbonyl (C=O) groups is 4. The summed E-state index contributed by atoms with van der Waals surface area (Å²) >= 11 is 0. The van der Waals surface area contributed by atoms with Crippen molar-refractivity contribution in [3.8, 4) is 0 Å². The molecule has 4 rings (SSSR count). The highest BCUT2D eigenvalue weighted by Crippen LogP contribution is 2.68. The highest BCUT2D eigenvalue weighted by atomic mass is 16.6. The van der Waals surface area contributed by atoms with Crippen molar-refractivity contribution in [3.63, 3.8) is 0 Å². The highest BCUT2D eigenvalue weighted by molar-refractivity contribution is 5.94. The molecule has 8 atom stereocenters. The lowest BCUT2D eigenvalue weighted by molar-refractivity contribution is -0.189. The Morgan fingerprint density at radius 2 is 1.87 bits per heavy atom. The Morgan fingerprint density at radius 1 is 1.20 bits per heavy atom. The van der Waals surface area contributed by atoms with Crippen LogP contribution in [0.25, 0.3) is 0 Å². The molecule has 30 heavy (non-hydrogen) atoms. The van der Waals surface area contributed by atoms with E-state index >= 15 is 0 Å². The van der Waals surface area contributed by atoms with Gasteiger partial charge in [0.25, 0.3) is 0 Å². The molecular weight excluding hydrogens is 384 g/mol. The Kier molecular flexibility index (Phi) is 4.70.